The minimum atomic E-state index is 0. The summed E-state index contributed by atoms with van der Waals surface area (Å²) in [5, 5.41) is 2.72. The normalized spacial score (nSPS) is 12.4. The molecule has 1 radical (unpaired) electrons. The van der Waals surface area contributed by atoms with Crippen LogP contribution in [-0.2, 0) is 39.5 Å². The first-order chi connectivity index (χ1) is 16.2. The third kappa shape index (κ3) is 3.90. The van der Waals surface area contributed by atoms with E-state index in [-0.39, 0.29) is 20.1 Å². The summed E-state index contributed by atoms with van der Waals surface area (Å²) in [6.45, 7) is 5.29. The molecule has 0 saturated carbocycles. The van der Waals surface area contributed by atoms with Crippen LogP contribution < -0.4 is 4.57 Å². The Bertz CT molecular complexity index is 1520. The molecule has 169 valence electrons. The maximum atomic E-state index is 4.53. The van der Waals surface area contributed by atoms with Crippen LogP contribution in [0, 0.1) is 19.9 Å². The Labute approximate surface area is 214 Å². The quantitative estimate of drug-likeness (QED) is 0.142. The minimum Gasteiger partial charge on any atom is -0.304 e. The van der Waals surface area contributed by atoms with Crippen LogP contribution in [-0.4, -0.2) is 4.98 Å². The number of fused-ring (bicyclic) bond motifs is 8. The van der Waals surface area contributed by atoms with Gasteiger partial charge in [0.2, 0.25) is 5.69 Å². The molecule has 1 aliphatic heterocycles. The molecule has 34 heavy (non-hydrogen) atoms. The van der Waals surface area contributed by atoms with Gasteiger partial charge in [0.05, 0.1) is 10.9 Å². The van der Waals surface area contributed by atoms with E-state index in [1.807, 2.05) is 12.3 Å². The summed E-state index contributed by atoms with van der Waals surface area (Å²) in [7, 11) is 0. The van der Waals surface area contributed by atoms with Crippen molar-refractivity contribution in [3.63, 3.8) is 0 Å². The first-order valence-corrected chi connectivity index (χ1v) is 11.6. The average molecular weight is 619 g/mol. The van der Waals surface area contributed by atoms with Gasteiger partial charge in [0.25, 0.3) is 0 Å². The van der Waals surface area contributed by atoms with Crippen molar-refractivity contribution >= 4 is 10.8 Å². The number of aryl methyl sites for hydroxylation is 4. The van der Waals surface area contributed by atoms with Gasteiger partial charge in [0.15, 0.2) is 12.7 Å². The number of pyridine rings is 2. The molecule has 2 aliphatic rings. The third-order valence-corrected chi connectivity index (χ3v) is 6.80. The maximum absolute atomic E-state index is 4.53. The molecule has 5 aromatic rings. The minimum absolute atomic E-state index is 0. The molecule has 2 nitrogen and oxygen atoms in total. The van der Waals surface area contributed by atoms with Gasteiger partial charge < -0.3 is 4.98 Å². The molecule has 0 N–H and O–H groups in total. The topological polar surface area (TPSA) is 16.8 Å². The van der Waals surface area contributed by atoms with Crippen molar-refractivity contribution in [2.24, 2.45) is 0 Å². The van der Waals surface area contributed by atoms with Crippen molar-refractivity contribution in [3.8, 4) is 22.5 Å². The largest absolute Gasteiger partial charge is 0.304 e. The van der Waals surface area contributed by atoms with Gasteiger partial charge in [-0.15, -0.1) is 35.4 Å². The first kappa shape index (κ1) is 22.7. The maximum Gasteiger partial charge on any atom is 0.221 e. The van der Waals surface area contributed by atoms with E-state index in [9.17, 15) is 0 Å². The van der Waals surface area contributed by atoms with Gasteiger partial charge in [-0.25, -0.2) is 0 Å². The molecule has 3 heteroatoms. The summed E-state index contributed by atoms with van der Waals surface area (Å²) in [5.41, 5.74) is 11.8. The van der Waals surface area contributed by atoms with Crippen molar-refractivity contribution in [2.45, 2.75) is 33.2 Å². The van der Waals surface area contributed by atoms with E-state index in [1.54, 1.807) is 0 Å². The van der Waals surface area contributed by atoms with Crippen molar-refractivity contribution in [1.82, 2.24) is 4.98 Å². The molecule has 0 saturated heterocycles. The fourth-order valence-electron chi connectivity index (χ4n) is 5.27. The van der Waals surface area contributed by atoms with E-state index in [4.69, 9.17) is 0 Å². The van der Waals surface area contributed by atoms with Gasteiger partial charge in [-0.3, -0.25) is 0 Å². The van der Waals surface area contributed by atoms with Crippen LogP contribution in [0.25, 0.3) is 33.3 Å². The number of hydrogen-bond donors (Lipinski definition) is 0. The van der Waals surface area contributed by atoms with Gasteiger partial charge in [0, 0.05) is 37.4 Å². The summed E-state index contributed by atoms with van der Waals surface area (Å²) in [5.74, 6) is 0. The third-order valence-electron chi connectivity index (χ3n) is 6.80. The number of benzene rings is 3. The molecule has 0 unspecified atom stereocenters. The van der Waals surface area contributed by atoms with E-state index in [0.717, 1.165) is 25.1 Å². The van der Waals surface area contributed by atoms with Crippen molar-refractivity contribution in [3.05, 3.63) is 119 Å². The van der Waals surface area contributed by atoms with E-state index in [0.29, 0.717) is 0 Å². The summed E-state index contributed by atoms with van der Waals surface area (Å²) >= 11 is 0. The molecule has 0 fully saturated rings. The molecule has 2 aromatic heterocycles. The van der Waals surface area contributed by atoms with Crippen LogP contribution in [0.5, 0.6) is 0 Å². The van der Waals surface area contributed by atoms with Gasteiger partial charge in [-0.05, 0) is 49.0 Å². The van der Waals surface area contributed by atoms with Crippen LogP contribution >= 0.6 is 0 Å². The van der Waals surface area contributed by atoms with Crippen LogP contribution in [0.1, 0.15) is 27.8 Å². The Morgan fingerprint density at radius 1 is 0.824 bits per heavy atom. The Morgan fingerprint density at radius 3 is 2.44 bits per heavy atom. The summed E-state index contributed by atoms with van der Waals surface area (Å²) in [6, 6.07) is 29.2. The van der Waals surface area contributed by atoms with Crippen molar-refractivity contribution < 1.29 is 24.7 Å². The van der Waals surface area contributed by atoms with E-state index >= 15 is 0 Å². The Balaban J connectivity index is 0.000000140. The Kier molecular flexibility index (Phi) is 6.16. The van der Waals surface area contributed by atoms with Gasteiger partial charge in [-0.1, -0.05) is 54.4 Å². The molecule has 0 atom stereocenters. The van der Waals surface area contributed by atoms with Crippen LogP contribution in [0.2, 0.25) is 0 Å². The second kappa shape index (κ2) is 9.25. The molecule has 1 aliphatic carbocycles. The molecule has 0 bridgehead atoms. The second-order valence-electron chi connectivity index (χ2n) is 9.08. The van der Waals surface area contributed by atoms with Crippen LogP contribution in [0.15, 0.2) is 85.2 Å². The smallest absolute Gasteiger partial charge is 0.221 e. The van der Waals surface area contributed by atoms with E-state index < -0.39 is 0 Å². The molecule has 7 rings (SSSR count). The zero-order valence-corrected chi connectivity index (χ0v) is 21.8. The SMILES string of the molecule is Cc1c[n+]2c(c3ccccc13)-c1ccccc1C2.Cc1cnc2c(c1)CCc1ccc[c-]c1-2.[Ir]. The molecule has 0 spiro atoms. The van der Waals surface area contributed by atoms with E-state index in [1.165, 1.54) is 55.4 Å². The standard InChI is InChI=1S/C17H14N.C14H12N.Ir/c1-12-10-18-11-13-6-2-3-8-15(13)17(18)16-9-5-4-7-14(12)16;1-10-8-12-7-6-11-4-2-3-5-13(11)14(12)15-9-10;/h2-10H,11H2,1H3;2-4,8-9H,6-7H2,1H3;/q+1;-1;. The Morgan fingerprint density at radius 2 is 1.56 bits per heavy atom. The zero-order chi connectivity index (χ0) is 22.4. The fourth-order valence-corrected chi connectivity index (χ4v) is 5.27. The molecule has 0 amide bonds. The summed E-state index contributed by atoms with van der Waals surface area (Å²) in [4.78, 5) is 4.53. The van der Waals surface area contributed by atoms with Gasteiger partial charge in [-0.2, -0.15) is 4.57 Å². The van der Waals surface area contributed by atoms with Crippen LogP contribution in [0.3, 0.4) is 0 Å². The summed E-state index contributed by atoms with van der Waals surface area (Å²) < 4.78 is 2.38. The van der Waals surface area contributed by atoms with Gasteiger partial charge in [0.1, 0.15) is 0 Å². The predicted molar refractivity (Wildman–Crippen MR) is 134 cm³/mol. The predicted octanol–water partition coefficient (Wildman–Crippen LogP) is 6.42. The van der Waals surface area contributed by atoms with Crippen molar-refractivity contribution in [1.29, 1.82) is 0 Å². The number of rotatable bonds is 0. The Hall–Kier alpha value is -3.13. The fraction of sp³-hybridized carbons (Fsp3) is 0.161. The molecule has 3 aromatic carbocycles. The van der Waals surface area contributed by atoms with Crippen molar-refractivity contribution in [2.75, 3.05) is 0 Å². The monoisotopic (exact) mass is 619 g/mol. The summed E-state index contributed by atoms with van der Waals surface area (Å²) in [6.07, 6.45) is 6.44. The molecular formula is C31H26IrN2. The number of hydrogen-bond acceptors (Lipinski definition) is 1. The first-order valence-electron chi connectivity index (χ1n) is 11.6. The number of nitrogens with zero attached hydrogens (tertiary/aromatic N) is 2. The number of aromatic nitrogens is 2. The van der Waals surface area contributed by atoms with Gasteiger partial charge >= 0.3 is 0 Å². The molecular weight excluding hydrogens is 593 g/mol. The van der Waals surface area contributed by atoms with E-state index in [2.05, 4.69) is 102 Å². The zero-order valence-electron chi connectivity index (χ0n) is 19.4. The van der Waals surface area contributed by atoms with Crippen LogP contribution in [0.4, 0.5) is 0 Å². The second-order valence-corrected chi connectivity index (χ2v) is 9.08. The average Bonchev–Trinajstić information content (AvgIpc) is 3.22. The molecule has 3 heterocycles.